The number of carbonyl (C=O) groups excluding carboxylic acids is 3. The largest absolute Gasteiger partial charge is 0.454 e. The van der Waals surface area contributed by atoms with Crippen molar-refractivity contribution >= 4 is 40.4 Å². The van der Waals surface area contributed by atoms with E-state index < -0.39 is 5.91 Å². The highest BCUT2D eigenvalue weighted by Crippen LogP contribution is 2.34. The second kappa shape index (κ2) is 9.90. The van der Waals surface area contributed by atoms with Crippen LogP contribution in [-0.2, 0) is 4.79 Å². The minimum atomic E-state index is -0.489. The first-order valence-corrected chi connectivity index (χ1v) is 12.1. The van der Waals surface area contributed by atoms with Crippen molar-refractivity contribution in [1.29, 1.82) is 0 Å². The van der Waals surface area contributed by atoms with E-state index in [2.05, 4.69) is 20.8 Å². The Morgan fingerprint density at radius 2 is 1.67 bits per heavy atom. The first-order valence-electron chi connectivity index (χ1n) is 11.3. The number of benzene rings is 2. The summed E-state index contributed by atoms with van der Waals surface area (Å²) >= 11 is 0.907. The van der Waals surface area contributed by atoms with Crippen molar-refractivity contribution in [1.82, 2.24) is 15.1 Å². The van der Waals surface area contributed by atoms with E-state index in [1.54, 1.807) is 36.1 Å². The van der Waals surface area contributed by atoms with Gasteiger partial charge in [0.15, 0.2) is 11.5 Å². The van der Waals surface area contributed by atoms with E-state index in [0.29, 0.717) is 54.4 Å². The van der Waals surface area contributed by atoms with Crippen LogP contribution in [0.25, 0.3) is 0 Å². The zero-order valence-electron chi connectivity index (χ0n) is 19.2. The molecule has 1 saturated heterocycles. The number of aryl methyl sites for hydroxylation is 1. The van der Waals surface area contributed by atoms with Crippen molar-refractivity contribution in [3.63, 3.8) is 0 Å². The molecule has 0 unspecified atom stereocenters. The molecule has 0 atom stereocenters. The van der Waals surface area contributed by atoms with E-state index in [4.69, 9.17) is 9.47 Å². The van der Waals surface area contributed by atoms with Gasteiger partial charge in [-0.25, -0.2) is 4.39 Å². The van der Waals surface area contributed by atoms with Crippen LogP contribution in [-0.4, -0.2) is 52.7 Å². The molecule has 5 rings (SSSR count). The van der Waals surface area contributed by atoms with E-state index in [1.165, 1.54) is 12.1 Å². The van der Waals surface area contributed by atoms with Crippen LogP contribution in [0.4, 0.5) is 15.8 Å². The number of carbonyl (C=O) groups is 3. The first-order chi connectivity index (χ1) is 17.4. The van der Waals surface area contributed by atoms with Gasteiger partial charge >= 0.3 is 0 Å². The van der Waals surface area contributed by atoms with Crippen molar-refractivity contribution in [2.24, 2.45) is 5.92 Å². The molecule has 0 aliphatic carbocycles. The lowest BCUT2D eigenvalue weighted by Gasteiger charge is -2.30. The fourth-order valence-electron chi connectivity index (χ4n) is 4.01. The number of hydrogen-bond acceptors (Lipinski definition) is 8. The van der Waals surface area contributed by atoms with E-state index in [1.807, 2.05) is 0 Å². The molecule has 2 aromatic carbocycles. The summed E-state index contributed by atoms with van der Waals surface area (Å²) in [5, 5.41) is 13.5. The Morgan fingerprint density at radius 3 is 2.44 bits per heavy atom. The van der Waals surface area contributed by atoms with Gasteiger partial charge in [0, 0.05) is 36.4 Å². The SMILES string of the molecule is Cc1cc(NC(=O)C2CCN(C(=O)c3nnc(C(=O)Nc4ccc5c(c4)OCO5)s3)CC2)ccc1F. The van der Waals surface area contributed by atoms with Crippen molar-refractivity contribution in [3.05, 3.63) is 57.8 Å². The van der Waals surface area contributed by atoms with Gasteiger partial charge in [-0.2, -0.15) is 0 Å². The molecule has 10 nitrogen and oxygen atoms in total. The van der Waals surface area contributed by atoms with Gasteiger partial charge in [-0.1, -0.05) is 11.3 Å². The van der Waals surface area contributed by atoms with Crippen molar-refractivity contribution < 1.29 is 28.2 Å². The minimum Gasteiger partial charge on any atom is -0.454 e. The number of aromatic nitrogens is 2. The standard InChI is InChI=1S/C24H22FN5O5S/c1-13-10-15(2-4-17(13)25)26-20(31)14-6-8-30(9-7-14)24(33)23-29-28-22(36-23)21(32)27-16-3-5-18-19(11-16)35-12-34-18/h2-5,10-11,14H,6-9,12H2,1H3,(H,26,31)(H,27,32). The average molecular weight is 512 g/mol. The molecule has 2 aliphatic rings. The van der Waals surface area contributed by atoms with Gasteiger partial charge in [0.25, 0.3) is 11.8 Å². The molecule has 12 heteroatoms. The van der Waals surface area contributed by atoms with Crippen molar-refractivity contribution in [2.45, 2.75) is 19.8 Å². The predicted molar refractivity (Wildman–Crippen MR) is 129 cm³/mol. The number of amides is 3. The quantitative estimate of drug-likeness (QED) is 0.538. The Hall–Kier alpha value is -4.06. The number of anilines is 2. The van der Waals surface area contributed by atoms with Gasteiger partial charge in [-0.15, -0.1) is 10.2 Å². The smallest absolute Gasteiger partial charge is 0.286 e. The molecule has 2 aliphatic heterocycles. The molecule has 186 valence electrons. The number of fused-ring (bicyclic) bond motifs is 1. The Kier molecular flexibility index (Phi) is 6.51. The summed E-state index contributed by atoms with van der Waals surface area (Å²) in [5.74, 6) is -0.442. The van der Waals surface area contributed by atoms with E-state index >= 15 is 0 Å². The number of halogens is 1. The molecular formula is C24H22FN5O5S. The number of rotatable bonds is 5. The minimum absolute atomic E-state index is 0.0554. The van der Waals surface area contributed by atoms with Crippen LogP contribution in [0.1, 0.15) is 38.0 Å². The van der Waals surface area contributed by atoms with Crippen LogP contribution in [0.2, 0.25) is 0 Å². The number of piperidine rings is 1. The summed E-state index contributed by atoms with van der Waals surface area (Å²) in [6.45, 7) is 2.51. The highest BCUT2D eigenvalue weighted by atomic mass is 32.1. The van der Waals surface area contributed by atoms with E-state index in [-0.39, 0.29) is 40.4 Å². The maximum absolute atomic E-state index is 13.4. The zero-order valence-corrected chi connectivity index (χ0v) is 20.1. The molecule has 0 radical (unpaired) electrons. The average Bonchev–Trinajstić information content (AvgIpc) is 3.56. The van der Waals surface area contributed by atoms with Crippen LogP contribution >= 0.6 is 11.3 Å². The van der Waals surface area contributed by atoms with Crippen LogP contribution in [0.15, 0.2) is 36.4 Å². The molecule has 1 aromatic heterocycles. The summed E-state index contributed by atoms with van der Waals surface area (Å²) in [5.41, 5.74) is 1.50. The Balaban J connectivity index is 1.14. The molecule has 0 bridgehead atoms. The van der Waals surface area contributed by atoms with Crippen molar-refractivity contribution in [3.8, 4) is 11.5 Å². The first kappa shape index (κ1) is 23.7. The fourth-order valence-corrected chi connectivity index (χ4v) is 4.71. The van der Waals surface area contributed by atoms with E-state index in [0.717, 1.165) is 11.3 Å². The summed E-state index contributed by atoms with van der Waals surface area (Å²) in [6.07, 6.45) is 0.960. The lowest BCUT2D eigenvalue weighted by Crippen LogP contribution is -2.41. The topological polar surface area (TPSA) is 123 Å². The van der Waals surface area contributed by atoms with E-state index in [9.17, 15) is 18.8 Å². The lowest BCUT2D eigenvalue weighted by molar-refractivity contribution is -0.121. The second-order valence-corrected chi connectivity index (χ2v) is 9.43. The third-order valence-electron chi connectivity index (χ3n) is 6.01. The van der Waals surface area contributed by atoms with Gasteiger partial charge in [0.2, 0.25) is 22.7 Å². The number of hydrogen-bond donors (Lipinski definition) is 2. The van der Waals surface area contributed by atoms with Crippen molar-refractivity contribution in [2.75, 3.05) is 30.5 Å². The Bertz CT molecular complexity index is 1340. The molecule has 1 fully saturated rings. The maximum atomic E-state index is 13.4. The van der Waals surface area contributed by atoms with Crippen LogP contribution in [0.3, 0.4) is 0 Å². The Morgan fingerprint density at radius 1 is 0.972 bits per heavy atom. The lowest BCUT2D eigenvalue weighted by atomic mass is 9.95. The predicted octanol–water partition coefficient (Wildman–Crippen LogP) is 3.46. The highest BCUT2D eigenvalue weighted by Gasteiger charge is 2.30. The normalized spacial score (nSPS) is 15.0. The van der Waals surface area contributed by atoms with Crippen LogP contribution in [0, 0.1) is 18.7 Å². The van der Waals surface area contributed by atoms with Gasteiger partial charge < -0.3 is 25.0 Å². The monoisotopic (exact) mass is 511 g/mol. The number of likely N-dealkylation sites (tertiary alicyclic amines) is 1. The highest BCUT2D eigenvalue weighted by molar-refractivity contribution is 7.15. The van der Waals surface area contributed by atoms with Gasteiger partial charge in [-0.05, 0) is 55.7 Å². The molecule has 0 spiro atoms. The summed E-state index contributed by atoms with van der Waals surface area (Å²) < 4.78 is 24.0. The van der Waals surface area contributed by atoms with Crippen LogP contribution < -0.4 is 20.1 Å². The molecule has 0 saturated carbocycles. The summed E-state index contributed by atoms with van der Waals surface area (Å²) in [4.78, 5) is 39.7. The van der Waals surface area contributed by atoms with Gasteiger partial charge in [0.05, 0.1) is 0 Å². The fraction of sp³-hybridized carbons (Fsp3) is 0.292. The van der Waals surface area contributed by atoms with Crippen LogP contribution in [0.5, 0.6) is 11.5 Å². The summed E-state index contributed by atoms with van der Waals surface area (Å²) in [6, 6.07) is 9.44. The molecule has 3 aromatic rings. The van der Waals surface area contributed by atoms with Gasteiger partial charge in [-0.3, -0.25) is 14.4 Å². The Labute approximate surface area is 209 Å². The number of ether oxygens (including phenoxy) is 2. The third-order valence-corrected chi connectivity index (χ3v) is 6.92. The second-order valence-electron chi connectivity index (χ2n) is 8.45. The maximum Gasteiger partial charge on any atom is 0.286 e. The number of nitrogens with one attached hydrogen (secondary N) is 2. The molecule has 2 N–H and O–H groups in total. The third kappa shape index (κ3) is 4.98. The number of nitrogens with zero attached hydrogens (tertiary/aromatic N) is 3. The molecule has 36 heavy (non-hydrogen) atoms. The molecule has 3 amide bonds. The van der Waals surface area contributed by atoms with Gasteiger partial charge in [0.1, 0.15) is 5.82 Å². The zero-order chi connectivity index (χ0) is 25.2. The molecular weight excluding hydrogens is 489 g/mol. The summed E-state index contributed by atoms with van der Waals surface area (Å²) in [7, 11) is 0. The molecule has 3 heterocycles.